The summed E-state index contributed by atoms with van der Waals surface area (Å²) in [5.74, 6) is 0.831. The minimum Gasteiger partial charge on any atom is -0.397 e. The van der Waals surface area contributed by atoms with E-state index < -0.39 is 0 Å². The molecule has 1 rings (SSSR count). The lowest BCUT2D eigenvalue weighted by atomic mass is 10.2. The number of rotatable bonds is 5. The maximum atomic E-state index is 5.73. The minimum atomic E-state index is 0.698. The summed E-state index contributed by atoms with van der Waals surface area (Å²) in [6.45, 7) is 3.54. The molecule has 1 heterocycles. The van der Waals surface area contributed by atoms with E-state index in [1.807, 2.05) is 6.92 Å². The van der Waals surface area contributed by atoms with Crippen LogP contribution in [0.5, 0.6) is 0 Å². The second-order valence-corrected chi connectivity index (χ2v) is 4.07. The van der Waals surface area contributed by atoms with Crippen molar-refractivity contribution in [1.29, 1.82) is 0 Å². The monoisotopic (exact) mass is 273 g/mol. The molecule has 0 unspecified atom stereocenters. The third kappa shape index (κ3) is 3.35. The van der Waals surface area contributed by atoms with E-state index in [-0.39, 0.29) is 0 Å². The molecule has 5 heteroatoms. The van der Waals surface area contributed by atoms with Crippen molar-refractivity contribution in [3.05, 3.63) is 16.2 Å². The number of hydrogen-bond acceptors (Lipinski definition) is 4. The first-order valence-corrected chi connectivity index (χ1v) is 5.59. The zero-order valence-electron chi connectivity index (χ0n) is 9.01. The van der Waals surface area contributed by atoms with Gasteiger partial charge in [-0.2, -0.15) is 0 Å². The Kier molecular flexibility index (Phi) is 4.84. The van der Waals surface area contributed by atoms with Gasteiger partial charge in [0.1, 0.15) is 5.82 Å². The maximum absolute atomic E-state index is 5.73. The second kappa shape index (κ2) is 5.92. The van der Waals surface area contributed by atoms with Gasteiger partial charge in [0.25, 0.3) is 0 Å². The normalized spacial score (nSPS) is 10.3. The van der Waals surface area contributed by atoms with Crippen LogP contribution in [0.2, 0.25) is 0 Å². The summed E-state index contributed by atoms with van der Waals surface area (Å²) in [6, 6.07) is 0. The lowest BCUT2D eigenvalue weighted by Gasteiger charge is -2.10. The fourth-order valence-electron chi connectivity index (χ4n) is 1.14. The summed E-state index contributed by atoms with van der Waals surface area (Å²) >= 11 is 3.46. The van der Waals surface area contributed by atoms with Gasteiger partial charge in [-0.25, -0.2) is 4.98 Å². The Bertz CT molecular complexity index is 331. The SMILES string of the molecule is COCCCNc1ncc(N)c(C)c1Br. The lowest BCUT2D eigenvalue weighted by molar-refractivity contribution is 0.197. The fourth-order valence-corrected chi connectivity index (χ4v) is 1.61. The predicted octanol–water partition coefficient (Wildman–Crippen LogP) is 2.18. The van der Waals surface area contributed by atoms with Crippen molar-refractivity contribution < 1.29 is 4.74 Å². The van der Waals surface area contributed by atoms with Crippen molar-refractivity contribution in [2.75, 3.05) is 31.3 Å². The van der Waals surface area contributed by atoms with E-state index in [2.05, 4.69) is 26.2 Å². The number of nitrogens with one attached hydrogen (secondary N) is 1. The number of anilines is 2. The molecule has 1 aromatic rings. The molecule has 15 heavy (non-hydrogen) atoms. The Labute approximate surface area is 98.3 Å². The van der Waals surface area contributed by atoms with Crippen LogP contribution in [0.4, 0.5) is 11.5 Å². The topological polar surface area (TPSA) is 60.2 Å². The number of ether oxygens (including phenoxy) is 1. The molecule has 0 aliphatic carbocycles. The van der Waals surface area contributed by atoms with Gasteiger partial charge in [-0.15, -0.1) is 0 Å². The van der Waals surface area contributed by atoms with Crippen LogP contribution < -0.4 is 11.1 Å². The summed E-state index contributed by atoms with van der Waals surface area (Å²) in [4.78, 5) is 4.21. The van der Waals surface area contributed by atoms with E-state index >= 15 is 0 Å². The van der Waals surface area contributed by atoms with Crippen molar-refractivity contribution in [2.24, 2.45) is 0 Å². The smallest absolute Gasteiger partial charge is 0.140 e. The van der Waals surface area contributed by atoms with Crippen LogP contribution in [0.25, 0.3) is 0 Å². The van der Waals surface area contributed by atoms with Crippen molar-refractivity contribution in [3.8, 4) is 0 Å². The number of nitrogen functional groups attached to an aromatic ring is 1. The molecule has 0 aliphatic heterocycles. The molecule has 0 bridgehead atoms. The first kappa shape index (κ1) is 12.3. The Balaban J connectivity index is 2.58. The van der Waals surface area contributed by atoms with Crippen LogP contribution in [0.3, 0.4) is 0 Å². The van der Waals surface area contributed by atoms with E-state index in [4.69, 9.17) is 10.5 Å². The zero-order valence-corrected chi connectivity index (χ0v) is 10.6. The van der Waals surface area contributed by atoms with Crippen LogP contribution in [-0.2, 0) is 4.74 Å². The molecule has 0 radical (unpaired) electrons. The van der Waals surface area contributed by atoms with Crippen LogP contribution in [-0.4, -0.2) is 25.2 Å². The third-order valence-corrected chi connectivity index (χ3v) is 3.09. The molecule has 0 atom stereocenters. The number of nitrogens with zero attached hydrogens (tertiary/aromatic N) is 1. The van der Waals surface area contributed by atoms with E-state index in [0.717, 1.165) is 35.4 Å². The van der Waals surface area contributed by atoms with E-state index in [0.29, 0.717) is 5.69 Å². The molecule has 0 saturated carbocycles. The van der Waals surface area contributed by atoms with Gasteiger partial charge in [0.05, 0.1) is 16.4 Å². The van der Waals surface area contributed by atoms with Crippen LogP contribution in [0, 0.1) is 6.92 Å². The molecule has 0 amide bonds. The number of hydrogen-bond donors (Lipinski definition) is 2. The maximum Gasteiger partial charge on any atom is 0.140 e. The van der Waals surface area contributed by atoms with Gasteiger partial charge < -0.3 is 15.8 Å². The van der Waals surface area contributed by atoms with Crippen molar-refractivity contribution >= 4 is 27.4 Å². The molecule has 4 nitrogen and oxygen atoms in total. The molecular weight excluding hydrogens is 258 g/mol. The zero-order chi connectivity index (χ0) is 11.3. The Morgan fingerprint density at radius 1 is 1.60 bits per heavy atom. The third-order valence-electron chi connectivity index (χ3n) is 2.12. The van der Waals surface area contributed by atoms with E-state index in [1.165, 1.54) is 0 Å². The molecule has 3 N–H and O–H groups in total. The first-order chi connectivity index (χ1) is 7.16. The molecule has 0 aliphatic rings. The number of nitrogens with two attached hydrogens (primary N) is 1. The van der Waals surface area contributed by atoms with Crippen molar-refractivity contribution in [3.63, 3.8) is 0 Å². The van der Waals surface area contributed by atoms with Gasteiger partial charge in [0, 0.05) is 20.3 Å². The highest BCUT2D eigenvalue weighted by Crippen LogP contribution is 2.27. The molecule has 84 valence electrons. The quantitative estimate of drug-likeness (QED) is 0.808. The highest BCUT2D eigenvalue weighted by atomic mass is 79.9. The Morgan fingerprint density at radius 2 is 2.33 bits per heavy atom. The van der Waals surface area contributed by atoms with Crippen LogP contribution >= 0.6 is 15.9 Å². The molecule has 0 fully saturated rings. The first-order valence-electron chi connectivity index (χ1n) is 4.80. The van der Waals surface area contributed by atoms with Gasteiger partial charge >= 0.3 is 0 Å². The van der Waals surface area contributed by atoms with Crippen LogP contribution in [0.1, 0.15) is 12.0 Å². The van der Waals surface area contributed by atoms with Gasteiger partial charge in [0.15, 0.2) is 0 Å². The number of methoxy groups -OCH3 is 1. The number of aromatic nitrogens is 1. The number of halogens is 1. The fraction of sp³-hybridized carbons (Fsp3) is 0.500. The minimum absolute atomic E-state index is 0.698. The van der Waals surface area contributed by atoms with Gasteiger partial charge in [0.2, 0.25) is 0 Å². The lowest BCUT2D eigenvalue weighted by Crippen LogP contribution is -2.07. The average Bonchev–Trinajstić information content (AvgIpc) is 2.24. The van der Waals surface area contributed by atoms with E-state index in [9.17, 15) is 0 Å². The highest BCUT2D eigenvalue weighted by molar-refractivity contribution is 9.10. The van der Waals surface area contributed by atoms with Crippen molar-refractivity contribution in [2.45, 2.75) is 13.3 Å². The summed E-state index contributed by atoms with van der Waals surface area (Å²) in [5, 5.41) is 3.22. The average molecular weight is 274 g/mol. The largest absolute Gasteiger partial charge is 0.397 e. The summed E-state index contributed by atoms with van der Waals surface area (Å²) in [7, 11) is 1.70. The highest BCUT2D eigenvalue weighted by Gasteiger charge is 2.06. The van der Waals surface area contributed by atoms with Crippen LogP contribution in [0.15, 0.2) is 10.7 Å². The molecule has 0 saturated heterocycles. The summed E-state index contributed by atoms with van der Waals surface area (Å²) in [5.41, 5.74) is 7.44. The standard InChI is InChI=1S/C10H16BrN3O/c1-7-8(12)6-14-10(9(7)11)13-4-3-5-15-2/h6H,3-5,12H2,1-2H3,(H,13,14). The van der Waals surface area contributed by atoms with Gasteiger partial charge in [-0.3, -0.25) is 0 Å². The summed E-state index contributed by atoms with van der Waals surface area (Å²) in [6.07, 6.45) is 2.62. The van der Waals surface area contributed by atoms with Gasteiger partial charge in [-0.05, 0) is 34.8 Å². The molecule has 0 spiro atoms. The predicted molar refractivity (Wildman–Crippen MR) is 66.1 cm³/mol. The molecule has 1 aromatic heterocycles. The number of pyridine rings is 1. The Morgan fingerprint density at radius 3 is 3.00 bits per heavy atom. The molecule has 0 aromatic carbocycles. The van der Waals surface area contributed by atoms with Crippen molar-refractivity contribution in [1.82, 2.24) is 4.98 Å². The molecular formula is C10H16BrN3O. The van der Waals surface area contributed by atoms with Gasteiger partial charge in [-0.1, -0.05) is 0 Å². The second-order valence-electron chi connectivity index (χ2n) is 3.27. The van der Waals surface area contributed by atoms with E-state index in [1.54, 1.807) is 13.3 Å². The summed E-state index contributed by atoms with van der Waals surface area (Å²) < 4.78 is 5.89. The Hall–Kier alpha value is -0.810.